The molecule has 20 rings (SSSR count). The third-order valence-electron chi connectivity index (χ3n) is 21.5. The van der Waals surface area contributed by atoms with Crippen molar-refractivity contribution in [1.82, 2.24) is 89.5 Å². The van der Waals surface area contributed by atoms with Crippen LogP contribution in [0.5, 0.6) is 0 Å². The van der Waals surface area contributed by atoms with E-state index >= 15 is 0 Å². The van der Waals surface area contributed by atoms with Gasteiger partial charge in [0.2, 0.25) is 0 Å². The van der Waals surface area contributed by atoms with Crippen LogP contribution in [0, 0.1) is 0 Å². The van der Waals surface area contributed by atoms with Crippen LogP contribution in [0.15, 0.2) is 374 Å². The quantitative estimate of drug-likeness (QED) is 0.0315. The summed E-state index contributed by atoms with van der Waals surface area (Å²) >= 11 is 12.1. The molecule has 35 heteroatoms. The van der Waals surface area contributed by atoms with Crippen LogP contribution in [0.2, 0.25) is 5.15 Å². The number of hydrogen-bond donors (Lipinski definition) is 12. The number of hydrogen-bond acceptors (Lipinski definition) is 30. The minimum absolute atomic E-state index is 0.324. The van der Waals surface area contributed by atoms with Gasteiger partial charge in [0.15, 0.2) is 17.5 Å². The Labute approximate surface area is 851 Å². The first-order valence-corrected chi connectivity index (χ1v) is 47.6. The molecule has 0 atom stereocenters. The summed E-state index contributed by atoms with van der Waals surface area (Å²) in [5, 5.41) is 42.8. The zero-order valence-electron chi connectivity index (χ0n) is 79.0. The minimum atomic E-state index is -1.41. The molecule has 0 saturated heterocycles. The van der Waals surface area contributed by atoms with Crippen molar-refractivity contribution in [2.24, 2.45) is 5.73 Å². The second kappa shape index (κ2) is 55.1. The average molecular weight is 2050 g/mol. The van der Waals surface area contributed by atoms with Crippen molar-refractivity contribution in [3.05, 3.63) is 380 Å². The van der Waals surface area contributed by atoms with Gasteiger partial charge in [-0.2, -0.15) is 0 Å². The fourth-order valence-corrected chi connectivity index (χ4v) is 15.1. The van der Waals surface area contributed by atoms with E-state index < -0.39 is 14.2 Å². The zero-order valence-corrected chi connectivity index (χ0v) is 82.9. The summed E-state index contributed by atoms with van der Waals surface area (Å²) in [5.41, 5.74) is 58.7. The molecule has 10 heterocycles. The maximum atomic E-state index is 8.92. The molecule has 30 nitrogen and oxygen atoms in total. The van der Waals surface area contributed by atoms with E-state index in [9.17, 15) is 0 Å². The normalized spacial score (nSPS) is 10.5. The van der Waals surface area contributed by atoms with Crippen molar-refractivity contribution in [2.75, 3.05) is 92.1 Å². The van der Waals surface area contributed by atoms with Gasteiger partial charge in [-0.05, 0) is 141 Å². The Balaban J connectivity index is 0.000000149. The predicted molar refractivity (Wildman–Crippen MR) is 589 cm³/mol. The number of likely N-dealkylation sites (N-methyl/N-ethyl adjacent to an activating group) is 2. The van der Waals surface area contributed by atoms with E-state index in [1.807, 2.05) is 237 Å². The highest BCUT2D eigenvalue weighted by Crippen LogP contribution is 2.37. The summed E-state index contributed by atoms with van der Waals surface area (Å²) in [6, 6.07) is 97.3. The van der Waals surface area contributed by atoms with E-state index in [0.29, 0.717) is 66.0 Å². The molecule has 143 heavy (non-hydrogen) atoms. The van der Waals surface area contributed by atoms with E-state index in [1.54, 1.807) is 79.6 Å². The average Bonchev–Trinajstić information content (AvgIpc) is 0.792. The van der Waals surface area contributed by atoms with Crippen LogP contribution in [0.1, 0.15) is 27.7 Å². The molecule has 0 fully saturated rings. The van der Waals surface area contributed by atoms with Gasteiger partial charge < -0.3 is 75.3 Å². The molecule has 0 amide bonds. The number of aromatic nitrogens is 16. The third-order valence-corrected chi connectivity index (χ3v) is 22.8. The fourth-order valence-electron chi connectivity index (χ4n) is 14.2. The van der Waals surface area contributed by atoms with E-state index in [2.05, 4.69) is 169 Å². The molecule has 19 N–H and O–H groups in total. The van der Waals surface area contributed by atoms with Crippen LogP contribution in [0.4, 0.5) is 40.7 Å². The molecule has 20 aromatic rings. The number of nitrogens with two attached hydrogens (primary N) is 7. The van der Waals surface area contributed by atoms with Crippen LogP contribution in [-0.4, -0.2) is 176 Å². The maximum Gasteiger partial charge on any atom is 0.488 e. The summed E-state index contributed by atoms with van der Waals surface area (Å²) in [7, 11) is -2.75. The highest BCUT2D eigenvalue weighted by atomic mass is 79.9. The first-order chi connectivity index (χ1) is 69.6. The second-order valence-corrected chi connectivity index (χ2v) is 33.1. The van der Waals surface area contributed by atoms with Crippen molar-refractivity contribution >= 4 is 153 Å². The van der Waals surface area contributed by atoms with Crippen molar-refractivity contribution in [1.29, 1.82) is 0 Å². The van der Waals surface area contributed by atoms with Crippen molar-refractivity contribution < 1.29 is 20.1 Å². The lowest BCUT2D eigenvalue weighted by Crippen LogP contribution is -2.29. The lowest BCUT2D eigenvalue weighted by molar-refractivity contribution is 0.312. The summed E-state index contributed by atoms with van der Waals surface area (Å²) in [5.74, 6) is 3.03. The Hall–Kier alpha value is -16.0. The molecule has 0 aliphatic heterocycles. The molecule has 0 radical (unpaired) electrons. The summed E-state index contributed by atoms with van der Waals surface area (Å²) in [6.45, 7) is 16.4. The number of nitrogens with zero attached hydrogens (tertiary/aromatic N) is 18. The number of benzene rings is 10. The number of fused-ring (bicyclic) bond motifs is 4. The highest BCUT2D eigenvalue weighted by Gasteiger charge is 2.20. The van der Waals surface area contributed by atoms with Gasteiger partial charge in [0.25, 0.3) is 0 Å². The van der Waals surface area contributed by atoms with Crippen molar-refractivity contribution in [3.63, 3.8) is 0 Å². The van der Waals surface area contributed by atoms with E-state index in [-0.39, 0.29) is 0 Å². The SMILES string of the molecule is CCN(CC)CCN.CCN(CC)CCNc1nc(-c2ccc3ncccc3c2)c(-c2ccccc2)nc1N.Nc1cnc(-c2ccc3ncccc3c2)c(-c2ccccc2)n1.Nc1cnc(Br)c(-c2ccccc2)n1.Nc1cncc(-c2ccccc2)n1.Nc1cncc(Cl)n1.Nc1nc(-c2ccccc2)c(-c2ccc3ncccc3c2)nc1Br.OB(O)c1ccc2ncccc2c1.OB(O)c1ccccc1. The molecule has 0 aliphatic rings. The molecule has 0 saturated carbocycles. The molecule has 10 aromatic carbocycles. The van der Waals surface area contributed by atoms with Crippen LogP contribution in [-0.2, 0) is 0 Å². The van der Waals surface area contributed by atoms with Crippen molar-refractivity contribution in [3.8, 4) is 90.1 Å². The van der Waals surface area contributed by atoms with Gasteiger partial charge in [-0.1, -0.05) is 276 Å². The Bertz CT molecular complexity index is 7380. The number of rotatable bonds is 20. The zero-order chi connectivity index (χ0) is 101. The molecule has 0 unspecified atom stereocenters. The number of halogens is 3. The van der Waals surface area contributed by atoms with Gasteiger partial charge >= 0.3 is 14.2 Å². The van der Waals surface area contributed by atoms with E-state index in [1.165, 1.54) is 24.8 Å². The van der Waals surface area contributed by atoms with Gasteiger partial charge in [0.1, 0.15) is 43.3 Å². The first-order valence-electron chi connectivity index (χ1n) is 45.6. The lowest BCUT2D eigenvalue weighted by atomic mass is 9.80. The third kappa shape index (κ3) is 31.8. The number of pyridine rings is 4. The standard InChI is InChI=1S/C25H28N6.C19H13BrN4.C19H14N4.C10H8BrN3.C10H9N3.C9H8BNO2.C6H7BO2.C6H16N2.C4H4ClN3/c1-3-31(4-2)16-15-28-25-24(26)29-22(18-9-6-5-7-10-18)23(30-25)20-12-13-21-19(17-20)11-8-14-27-21;20-18-19(21)24-16(12-5-2-1-3-6-12)17(23-18)14-8-9-15-13(11-14)7-4-10-22-15;20-17-12-22-18(19(23-17)13-5-2-1-3-6-13)15-8-9-16-14(11-15)7-4-10-21-16;11-10-9(14-8(12)6-13-10)7-4-2-1-3-5-7;11-10-7-12-6-9(13-10)8-4-2-1-3-5-8;12-10(13)8-3-4-9-7(6-8)2-1-5-11-9;8-7(9)6-4-2-1-3-5-6;1-3-8(4-2)6-5-7;5-3-1-7-2-4(6)8-3/h5-14,17H,3-4,15-16H2,1-2H3,(H2,26,29)(H,28,30);1-11H,(H2,21,24);1-12H,(H2,20,23);1-6H,(H2,12,14);1-7H,(H2,11,13);1-6,12-13H;1-5,8-9H;3-7H2,1-2H3;1-2H,(H2,6,8). The molecule has 0 spiro atoms. The number of nitrogen functional groups attached to an aromatic ring is 6. The first kappa shape index (κ1) is 106. The monoisotopic (exact) mass is 2050 g/mol. The fraction of sp³-hybridized carbons (Fsp3) is 0.111. The summed E-state index contributed by atoms with van der Waals surface area (Å²) in [6.07, 6.45) is 16.3. The smallest absolute Gasteiger partial charge is 0.423 e. The molecule has 0 bridgehead atoms. The van der Waals surface area contributed by atoms with Crippen LogP contribution in [0.3, 0.4) is 0 Å². The molecular formula is C108H107B2Br2ClN26O4. The Morgan fingerprint density at radius 3 is 1.08 bits per heavy atom. The van der Waals surface area contributed by atoms with Crippen LogP contribution in [0.25, 0.3) is 134 Å². The lowest BCUT2D eigenvalue weighted by Gasteiger charge is -2.19. The Morgan fingerprint density at radius 2 is 0.671 bits per heavy atom. The molecule has 0 aliphatic carbocycles. The number of nitrogens with one attached hydrogen (secondary N) is 1. The van der Waals surface area contributed by atoms with Crippen LogP contribution < -0.4 is 56.4 Å². The highest BCUT2D eigenvalue weighted by molar-refractivity contribution is 9.10. The Morgan fingerprint density at radius 1 is 0.308 bits per heavy atom. The minimum Gasteiger partial charge on any atom is -0.423 e. The van der Waals surface area contributed by atoms with Gasteiger partial charge in [0.05, 0.1) is 99.1 Å². The largest absolute Gasteiger partial charge is 0.488 e. The molecule has 720 valence electrons. The molecular weight excluding hydrogens is 1940 g/mol. The van der Waals surface area contributed by atoms with Gasteiger partial charge in [-0.15, -0.1) is 0 Å². The molecule has 10 aromatic heterocycles. The van der Waals surface area contributed by atoms with Gasteiger partial charge in [-0.3, -0.25) is 34.9 Å². The topological polar surface area (TPSA) is 488 Å². The van der Waals surface area contributed by atoms with E-state index in [0.717, 1.165) is 186 Å². The Kier molecular flexibility index (Phi) is 40.8. The maximum absolute atomic E-state index is 8.92. The summed E-state index contributed by atoms with van der Waals surface area (Å²) < 4.78 is 1.25. The van der Waals surface area contributed by atoms with Crippen LogP contribution >= 0.6 is 43.5 Å². The van der Waals surface area contributed by atoms with Gasteiger partial charge in [-0.25, -0.2) is 44.9 Å². The van der Waals surface area contributed by atoms with Gasteiger partial charge in [0, 0.05) is 112 Å². The predicted octanol–water partition coefficient (Wildman–Crippen LogP) is 17.8. The van der Waals surface area contributed by atoms with E-state index in [4.69, 9.17) is 81.8 Å². The summed E-state index contributed by atoms with van der Waals surface area (Å²) in [4.78, 5) is 73.6. The van der Waals surface area contributed by atoms with Crippen molar-refractivity contribution in [2.45, 2.75) is 27.7 Å². The second-order valence-electron chi connectivity index (χ2n) is 31.2. The number of anilines is 7.